The molecule has 0 aromatic heterocycles. The summed E-state index contributed by atoms with van der Waals surface area (Å²) in [6, 6.07) is 9.26. The van der Waals surface area contributed by atoms with Crippen LogP contribution in [-0.2, 0) is 25.5 Å². The van der Waals surface area contributed by atoms with Gasteiger partial charge in [-0.1, -0.05) is 30.3 Å². The lowest BCUT2D eigenvalue weighted by Crippen LogP contribution is -2.46. The number of rotatable bonds is 12. The fraction of sp³-hybridized carbons (Fsp3) is 0.636. The molecule has 30 heavy (non-hydrogen) atoms. The first-order valence-corrected chi connectivity index (χ1v) is 10.7. The van der Waals surface area contributed by atoms with E-state index in [9.17, 15) is 14.8 Å². The molecule has 3 N–H and O–H groups in total. The van der Waals surface area contributed by atoms with Gasteiger partial charge in [0.1, 0.15) is 6.79 Å². The molecular weight excluding hydrogens is 386 g/mol. The number of carbonyl (C=O) groups excluding carboxylic acids is 2. The molecule has 168 valence electrons. The van der Waals surface area contributed by atoms with Gasteiger partial charge in [-0.3, -0.25) is 14.8 Å². The van der Waals surface area contributed by atoms with E-state index < -0.39 is 11.8 Å². The summed E-state index contributed by atoms with van der Waals surface area (Å²) >= 11 is 0. The van der Waals surface area contributed by atoms with Gasteiger partial charge in [-0.2, -0.15) is 0 Å². The number of nitrogens with one attached hydrogen (secondary N) is 2. The van der Waals surface area contributed by atoms with E-state index in [1.807, 2.05) is 37.3 Å². The highest BCUT2D eigenvalue weighted by Crippen LogP contribution is 2.19. The third kappa shape index (κ3) is 8.39. The maximum atomic E-state index is 12.8. The Morgan fingerprint density at radius 1 is 1.20 bits per heavy atom. The summed E-state index contributed by atoms with van der Waals surface area (Å²) < 4.78 is 10.8. The van der Waals surface area contributed by atoms with Crippen molar-refractivity contribution in [3.63, 3.8) is 0 Å². The highest BCUT2D eigenvalue weighted by Gasteiger charge is 2.28. The van der Waals surface area contributed by atoms with Crippen molar-refractivity contribution in [3.8, 4) is 0 Å². The molecule has 1 aliphatic heterocycles. The molecule has 2 rings (SSSR count). The number of ether oxygens (including phenoxy) is 2. The van der Waals surface area contributed by atoms with Crippen molar-refractivity contribution in [3.05, 3.63) is 35.9 Å². The van der Waals surface area contributed by atoms with Crippen LogP contribution in [0.25, 0.3) is 0 Å². The van der Waals surface area contributed by atoms with Crippen molar-refractivity contribution in [2.45, 2.75) is 38.6 Å². The van der Waals surface area contributed by atoms with E-state index >= 15 is 0 Å². The van der Waals surface area contributed by atoms with E-state index in [1.165, 1.54) is 0 Å². The summed E-state index contributed by atoms with van der Waals surface area (Å²) in [6.07, 6.45) is 2.45. The molecule has 0 bridgehead atoms. The van der Waals surface area contributed by atoms with Gasteiger partial charge in [-0.05, 0) is 58.3 Å². The zero-order chi connectivity index (χ0) is 21.8. The topological polar surface area (TPSA) is 100 Å². The maximum absolute atomic E-state index is 12.8. The minimum absolute atomic E-state index is 0.00372. The minimum atomic E-state index is -0.504. The van der Waals surface area contributed by atoms with Crippen LogP contribution in [0.5, 0.6) is 0 Å². The third-order valence-corrected chi connectivity index (χ3v) is 5.50. The predicted molar refractivity (Wildman–Crippen MR) is 113 cm³/mol. The zero-order valence-corrected chi connectivity index (χ0v) is 18.0. The lowest BCUT2D eigenvalue weighted by Gasteiger charge is -2.30. The number of nitrogens with zero attached hydrogens (tertiary/aromatic N) is 1. The largest absolute Gasteiger partial charge is 0.356 e. The van der Waals surface area contributed by atoms with E-state index in [1.54, 1.807) is 5.48 Å². The smallest absolute Gasteiger partial charge is 0.246 e. The van der Waals surface area contributed by atoms with Crippen molar-refractivity contribution >= 4 is 11.8 Å². The van der Waals surface area contributed by atoms with Crippen LogP contribution in [0.2, 0.25) is 0 Å². The van der Waals surface area contributed by atoms with Gasteiger partial charge in [0.2, 0.25) is 11.8 Å². The molecule has 0 aliphatic carbocycles. The van der Waals surface area contributed by atoms with Gasteiger partial charge in [-0.15, -0.1) is 0 Å². The summed E-state index contributed by atoms with van der Waals surface area (Å²) in [5.74, 6) is -1.01. The number of piperidine rings is 1. The molecule has 1 aromatic rings. The summed E-state index contributed by atoms with van der Waals surface area (Å²) in [5.41, 5.74) is 2.75. The third-order valence-electron chi connectivity index (χ3n) is 5.50. The molecule has 0 radical (unpaired) electrons. The first-order valence-electron chi connectivity index (χ1n) is 10.7. The number of hydrogen-bond acceptors (Lipinski definition) is 6. The number of likely N-dealkylation sites (tertiary alicyclic amines) is 1. The predicted octanol–water partition coefficient (Wildman–Crippen LogP) is 1.58. The van der Waals surface area contributed by atoms with Crippen LogP contribution in [0.4, 0.5) is 0 Å². The molecule has 2 atom stereocenters. The molecule has 1 heterocycles. The average molecular weight is 422 g/mol. The van der Waals surface area contributed by atoms with Crippen LogP contribution in [0.1, 0.15) is 31.7 Å². The Morgan fingerprint density at radius 2 is 1.90 bits per heavy atom. The fourth-order valence-electron chi connectivity index (χ4n) is 3.71. The second-order valence-corrected chi connectivity index (χ2v) is 7.86. The van der Waals surface area contributed by atoms with E-state index in [0.29, 0.717) is 19.4 Å². The van der Waals surface area contributed by atoms with Gasteiger partial charge < -0.3 is 19.7 Å². The van der Waals surface area contributed by atoms with Gasteiger partial charge in [0, 0.05) is 18.4 Å². The highest BCUT2D eigenvalue weighted by molar-refractivity contribution is 5.80. The molecule has 2 amide bonds. The monoisotopic (exact) mass is 421 g/mol. The van der Waals surface area contributed by atoms with Crippen LogP contribution >= 0.6 is 0 Å². The maximum Gasteiger partial charge on any atom is 0.246 e. The van der Waals surface area contributed by atoms with Crippen molar-refractivity contribution in [2.75, 3.05) is 40.1 Å². The molecule has 1 aromatic carbocycles. The average Bonchev–Trinajstić information content (AvgIpc) is 2.76. The Kier molecular flexibility index (Phi) is 10.8. The Morgan fingerprint density at radius 3 is 2.53 bits per heavy atom. The van der Waals surface area contributed by atoms with E-state index in [0.717, 1.165) is 31.5 Å². The molecular formula is C22H35N3O5. The van der Waals surface area contributed by atoms with Gasteiger partial charge in [0.25, 0.3) is 0 Å². The van der Waals surface area contributed by atoms with Crippen LogP contribution in [0.3, 0.4) is 0 Å². The van der Waals surface area contributed by atoms with Crippen molar-refractivity contribution in [1.29, 1.82) is 0 Å². The Bertz CT molecular complexity index is 635. The SMILES string of the molecule is CCOCOC[C@H](C[C@H](Cc1ccccc1)C(=O)NO)NC(=O)C1CCN(C)CC1. The van der Waals surface area contributed by atoms with Gasteiger partial charge in [0.05, 0.1) is 12.6 Å². The standard InChI is InChI=1S/C22H35N3O5/c1-3-29-16-30-15-20(23-21(26)18-9-11-25(2)12-10-18)14-19(22(27)24-28)13-17-7-5-4-6-8-17/h4-8,18-20,28H,3,9-16H2,1-2H3,(H,23,26)(H,24,27)/t19-,20-/m0/s1. The minimum Gasteiger partial charge on any atom is -0.356 e. The number of amides is 2. The first kappa shape index (κ1) is 24.3. The number of benzene rings is 1. The summed E-state index contributed by atoms with van der Waals surface area (Å²) in [7, 11) is 2.06. The van der Waals surface area contributed by atoms with Crippen molar-refractivity contribution in [1.82, 2.24) is 15.7 Å². The molecule has 1 fully saturated rings. The van der Waals surface area contributed by atoms with Crippen molar-refractivity contribution < 1.29 is 24.3 Å². The first-order chi connectivity index (χ1) is 14.5. The Balaban J connectivity index is 2.02. The van der Waals surface area contributed by atoms with Crippen LogP contribution in [0.15, 0.2) is 30.3 Å². The summed E-state index contributed by atoms with van der Waals surface area (Å²) in [4.78, 5) is 27.3. The molecule has 8 heteroatoms. The van der Waals surface area contributed by atoms with E-state index in [2.05, 4.69) is 17.3 Å². The van der Waals surface area contributed by atoms with Gasteiger partial charge in [-0.25, -0.2) is 5.48 Å². The van der Waals surface area contributed by atoms with Crippen LogP contribution in [0, 0.1) is 11.8 Å². The molecule has 0 saturated carbocycles. The summed E-state index contributed by atoms with van der Waals surface area (Å²) in [6.45, 7) is 4.58. The number of carbonyl (C=O) groups is 2. The second kappa shape index (κ2) is 13.3. The molecule has 8 nitrogen and oxygen atoms in total. The molecule has 1 saturated heterocycles. The van der Waals surface area contributed by atoms with Gasteiger partial charge >= 0.3 is 0 Å². The van der Waals surface area contributed by atoms with Crippen molar-refractivity contribution in [2.24, 2.45) is 11.8 Å². The lowest BCUT2D eigenvalue weighted by atomic mass is 9.91. The Hall–Kier alpha value is -2.00. The second-order valence-electron chi connectivity index (χ2n) is 7.86. The Labute approximate surface area is 178 Å². The molecule has 0 spiro atoms. The van der Waals surface area contributed by atoms with E-state index in [-0.39, 0.29) is 31.3 Å². The number of hydrogen-bond donors (Lipinski definition) is 3. The normalized spacial score (nSPS) is 17.3. The van der Waals surface area contributed by atoms with Crippen LogP contribution < -0.4 is 10.8 Å². The summed E-state index contributed by atoms with van der Waals surface area (Å²) in [5, 5.41) is 12.3. The van der Waals surface area contributed by atoms with Gasteiger partial charge in [0.15, 0.2) is 0 Å². The number of hydroxylamine groups is 1. The molecule has 0 unspecified atom stereocenters. The lowest BCUT2D eigenvalue weighted by molar-refractivity contribution is -0.135. The highest BCUT2D eigenvalue weighted by atomic mass is 16.7. The molecule has 1 aliphatic rings. The van der Waals surface area contributed by atoms with E-state index in [4.69, 9.17) is 9.47 Å². The van der Waals surface area contributed by atoms with Crippen LogP contribution in [-0.4, -0.2) is 68.1 Å². The quantitative estimate of drug-likeness (QED) is 0.205. The zero-order valence-electron chi connectivity index (χ0n) is 18.0. The fourth-order valence-corrected chi connectivity index (χ4v) is 3.71.